The van der Waals surface area contributed by atoms with Crippen molar-refractivity contribution in [3.05, 3.63) is 34.9 Å². The minimum Gasteiger partial charge on any atom is -0.277 e. The summed E-state index contributed by atoms with van der Waals surface area (Å²) in [6, 6.07) is 6.49. The van der Waals surface area contributed by atoms with Gasteiger partial charge in [-0.15, -0.1) is 0 Å². The van der Waals surface area contributed by atoms with Gasteiger partial charge in [-0.3, -0.25) is 4.79 Å². The maximum atomic E-state index is 10.9. The van der Waals surface area contributed by atoms with E-state index in [0.717, 1.165) is 0 Å². The molecule has 1 aromatic rings. The molecule has 0 heterocycles. The van der Waals surface area contributed by atoms with Crippen molar-refractivity contribution in [2.45, 2.75) is 4.33 Å². The highest BCUT2D eigenvalue weighted by molar-refractivity contribution is 6.78. The van der Waals surface area contributed by atoms with Crippen molar-refractivity contribution >= 4 is 51.6 Å². The molecule has 0 saturated heterocycles. The van der Waals surface area contributed by atoms with Gasteiger partial charge in [0.25, 0.3) is 5.24 Å². The van der Waals surface area contributed by atoms with Gasteiger partial charge in [0, 0.05) is 10.6 Å². The number of hydrogen-bond acceptors (Lipinski definition) is 1. The molecule has 0 atom stereocenters. The van der Waals surface area contributed by atoms with E-state index in [1.807, 2.05) is 0 Å². The Labute approximate surface area is 95.5 Å². The Morgan fingerprint density at radius 1 is 1.23 bits per heavy atom. The van der Waals surface area contributed by atoms with Gasteiger partial charge in [0.05, 0.1) is 0 Å². The largest absolute Gasteiger partial charge is 0.277 e. The van der Waals surface area contributed by atoms with Crippen molar-refractivity contribution in [1.29, 1.82) is 0 Å². The van der Waals surface area contributed by atoms with Gasteiger partial charge in [-0.25, -0.2) is 0 Å². The average molecular weight is 258 g/mol. The number of benzene rings is 1. The molecule has 0 unspecified atom stereocenters. The van der Waals surface area contributed by atoms with Crippen LogP contribution in [0.15, 0.2) is 24.3 Å². The van der Waals surface area contributed by atoms with Crippen molar-refractivity contribution in [2.75, 3.05) is 0 Å². The minimum atomic E-state index is -1.78. The lowest BCUT2D eigenvalue weighted by Crippen LogP contribution is -2.18. The molecule has 0 aliphatic rings. The number of hydrogen-bond donors (Lipinski definition) is 0. The Balaban J connectivity index is 3.22. The fourth-order valence-corrected chi connectivity index (χ4v) is 1.63. The molecule has 0 bridgehead atoms. The van der Waals surface area contributed by atoms with Crippen LogP contribution in [0.3, 0.4) is 0 Å². The van der Waals surface area contributed by atoms with E-state index in [1.54, 1.807) is 24.3 Å². The Morgan fingerprint density at radius 2 is 1.77 bits per heavy atom. The Hall–Kier alpha value is 0.0500. The number of alkyl halides is 2. The van der Waals surface area contributed by atoms with E-state index >= 15 is 0 Å². The first kappa shape index (κ1) is 11.1. The minimum absolute atomic E-state index is 0.292. The molecule has 0 N–H and O–H groups in total. The van der Waals surface area contributed by atoms with E-state index in [2.05, 4.69) is 0 Å². The lowest BCUT2D eigenvalue weighted by atomic mass is 10.1. The molecule has 0 amide bonds. The van der Waals surface area contributed by atoms with Crippen LogP contribution in [0, 0.1) is 0 Å². The highest BCUT2D eigenvalue weighted by Crippen LogP contribution is 2.39. The molecule has 0 spiro atoms. The van der Waals surface area contributed by atoms with Gasteiger partial charge < -0.3 is 0 Å². The molecule has 13 heavy (non-hydrogen) atoms. The third-order valence-corrected chi connectivity index (χ3v) is 3.02. The zero-order chi connectivity index (χ0) is 10.1. The third-order valence-electron chi connectivity index (χ3n) is 1.46. The fraction of sp³-hybridized carbons (Fsp3) is 0.125. The molecule has 1 rings (SSSR count). The summed E-state index contributed by atoms with van der Waals surface area (Å²) in [5, 5.41) is -0.564. The molecule has 0 aromatic heterocycles. The summed E-state index contributed by atoms with van der Waals surface area (Å²) in [6.45, 7) is 0. The number of carbonyl (C=O) groups is 1. The summed E-state index contributed by atoms with van der Waals surface area (Å²) in [7, 11) is 0. The average Bonchev–Trinajstić information content (AvgIpc) is 2.04. The summed E-state index contributed by atoms with van der Waals surface area (Å²) in [4.78, 5) is 10.9. The van der Waals surface area contributed by atoms with Gasteiger partial charge in [0.1, 0.15) is 0 Å². The van der Waals surface area contributed by atoms with Crippen molar-refractivity contribution < 1.29 is 4.79 Å². The van der Waals surface area contributed by atoms with Crippen molar-refractivity contribution in [1.82, 2.24) is 0 Å². The standard InChI is InChI=1S/C8H4Cl4O/c9-6-4-2-1-3-5(6)8(11,12)7(10)13/h1-4H. The van der Waals surface area contributed by atoms with Gasteiger partial charge >= 0.3 is 0 Å². The Morgan fingerprint density at radius 3 is 2.23 bits per heavy atom. The molecule has 70 valence electrons. The first-order valence-electron chi connectivity index (χ1n) is 3.29. The molecule has 1 nitrogen and oxygen atoms in total. The van der Waals surface area contributed by atoms with E-state index in [4.69, 9.17) is 46.4 Å². The van der Waals surface area contributed by atoms with Crippen LogP contribution in [-0.4, -0.2) is 5.24 Å². The summed E-state index contributed by atoms with van der Waals surface area (Å²) < 4.78 is -1.78. The molecular formula is C8H4Cl4O. The lowest BCUT2D eigenvalue weighted by Gasteiger charge is -2.15. The van der Waals surface area contributed by atoms with Crippen LogP contribution in [0.25, 0.3) is 0 Å². The van der Waals surface area contributed by atoms with Gasteiger partial charge in [0.2, 0.25) is 4.33 Å². The van der Waals surface area contributed by atoms with E-state index in [1.165, 1.54) is 0 Å². The van der Waals surface area contributed by atoms with Gasteiger partial charge in [-0.1, -0.05) is 53.0 Å². The Bertz CT molecular complexity index is 335. The van der Waals surface area contributed by atoms with Crippen LogP contribution in [0.1, 0.15) is 5.56 Å². The molecule has 0 fully saturated rings. The molecule has 0 saturated carbocycles. The molecule has 0 radical (unpaired) electrons. The van der Waals surface area contributed by atoms with Crippen LogP contribution in [0.4, 0.5) is 0 Å². The summed E-state index contributed by atoms with van der Waals surface area (Å²) in [5.74, 6) is 0. The van der Waals surface area contributed by atoms with Crippen LogP contribution in [0.2, 0.25) is 5.02 Å². The maximum Gasteiger partial charge on any atom is 0.262 e. The van der Waals surface area contributed by atoms with E-state index in [0.29, 0.717) is 10.6 Å². The predicted octanol–water partition coefficient (Wildman–Crippen LogP) is 3.74. The van der Waals surface area contributed by atoms with E-state index < -0.39 is 9.58 Å². The molecular weight excluding hydrogens is 254 g/mol. The second-order valence-corrected chi connectivity index (χ2v) is 4.41. The second-order valence-electron chi connectivity index (χ2n) is 2.33. The van der Waals surface area contributed by atoms with Crippen LogP contribution < -0.4 is 0 Å². The number of carbonyl (C=O) groups excluding carboxylic acids is 1. The van der Waals surface area contributed by atoms with Crippen molar-refractivity contribution in [3.8, 4) is 0 Å². The fourth-order valence-electron chi connectivity index (χ4n) is 0.822. The van der Waals surface area contributed by atoms with Crippen molar-refractivity contribution in [3.63, 3.8) is 0 Å². The zero-order valence-electron chi connectivity index (χ0n) is 6.23. The normalized spacial score (nSPS) is 11.4. The van der Waals surface area contributed by atoms with Crippen LogP contribution in [-0.2, 0) is 9.13 Å². The first-order valence-corrected chi connectivity index (χ1v) is 4.80. The molecule has 0 aliphatic heterocycles. The van der Waals surface area contributed by atoms with Crippen LogP contribution >= 0.6 is 46.4 Å². The van der Waals surface area contributed by atoms with Gasteiger partial charge in [-0.05, 0) is 17.7 Å². The summed E-state index contributed by atoms with van der Waals surface area (Å²) >= 11 is 22.4. The smallest absolute Gasteiger partial charge is 0.262 e. The summed E-state index contributed by atoms with van der Waals surface area (Å²) in [5.41, 5.74) is 0.292. The van der Waals surface area contributed by atoms with Gasteiger partial charge in [-0.2, -0.15) is 0 Å². The van der Waals surface area contributed by atoms with E-state index in [-0.39, 0.29) is 0 Å². The van der Waals surface area contributed by atoms with Gasteiger partial charge in [0.15, 0.2) is 0 Å². The molecule has 1 aromatic carbocycles. The Kier molecular flexibility index (Phi) is 3.47. The number of rotatable bonds is 2. The SMILES string of the molecule is O=C(Cl)C(Cl)(Cl)c1ccccc1Cl. The first-order chi connectivity index (χ1) is 5.96. The maximum absolute atomic E-state index is 10.9. The highest BCUT2D eigenvalue weighted by atomic mass is 35.5. The number of halogens is 4. The predicted molar refractivity (Wildman–Crippen MR) is 55.7 cm³/mol. The molecule has 0 aliphatic carbocycles. The van der Waals surface area contributed by atoms with E-state index in [9.17, 15) is 4.79 Å². The summed E-state index contributed by atoms with van der Waals surface area (Å²) in [6.07, 6.45) is 0. The zero-order valence-corrected chi connectivity index (χ0v) is 9.25. The third kappa shape index (κ3) is 2.29. The topological polar surface area (TPSA) is 17.1 Å². The quantitative estimate of drug-likeness (QED) is 0.583. The highest BCUT2D eigenvalue weighted by Gasteiger charge is 2.36. The lowest BCUT2D eigenvalue weighted by molar-refractivity contribution is -0.112. The van der Waals surface area contributed by atoms with Crippen molar-refractivity contribution in [2.24, 2.45) is 0 Å². The second kappa shape index (κ2) is 4.05. The van der Waals surface area contributed by atoms with Crippen LogP contribution in [0.5, 0.6) is 0 Å². The monoisotopic (exact) mass is 256 g/mol. The molecule has 5 heteroatoms.